The Bertz CT molecular complexity index is 1060. The van der Waals surface area contributed by atoms with Crippen LogP contribution in [0.1, 0.15) is 70.6 Å². The Morgan fingerprint density at radius 3 is 2.37 bits per heavy atom. The molecule has 0 aliphatic rings. The smallest absolute Gasteiger partial charge is 0.331 e. The number of carboxylic acids is 1. The van der Waals surface area contributed by atoms with E-state index in [-0.39, 0.29) is 11.5 Å². The molecule has 6 heteroatoms. The van der Waals surface area contributed by atoms with Gasteiger partial charge in [0.15, 0.2) is 0 Å². The Hall–Kier alpha value is -3.28. The average molecular weight is 482 g/mol. The number of carbonyl (C=O) groups excluding carboxylic acids is 1. The maximum Gasteiger partial charge on any atom is 0.331 e. The molecule has 2 aromatic rings. The van der Waals surface area contributed by atoms with Crippen molar-refractivity contribution in [2.24, 2.45) is 5.41 Å². The van der Waals surface area contributed by atoms with Gasteiger partial charge < -0.3 is 19.9 Å². The Morgan fingerprint density at radius 2 is 1.77 bits per heavy atom. The largest absolute Gasteiger partial charge is 0.496 e. The number of amides is 1. The fourth-order valence-corrected chi connectivity index (χ4v) is 3.77. The molecule has 0 fully saturated rings. The van der Waals surface area contributed by atoms with Crippen molar-refractivity contribution in [1.29, 1.82) is 0 Å². The summed E-state index contributed by atoms with van der Waals surface area (Å²) < 4.78 is 11.5. The van der Waals surface area contributed by atoms with Crippen molar-refractivity contribution < 1.29 is 24.2 Å². The summed E-state index contributed by atoms with van der Waals surface area (Å²) in [4.78, 5) is 24.3. The topological polar surface area (TPSA) is 84.9 Å². The number of benzene rings is 2. The molecule has 0 saturated heterocycles. The van der Waals surface area contributed by atoms with Crippen molar-refractivity contribution in [1.82, 2.24) is 0 Å². The zero-order chi connectivity index (χ0) is 26.0. The maximum absolute atomic E-state index is 13.0. The third-order valence-corrected chi connectivity index (χ3v) is 6.22. The van der Waals surface area contributed by atoms with Crippen LogP contribution in [0, 0.1) is 5.41 Å². The number of nitrogens with one attached hydrogen (secondary N) is 1. The van der Waals surface area contributed by atoms with Crippen LogP contribution in [-0.2, 0) is 22.4 Å². The van der Waals surface area contributed by atoms with Crippen LogP contribution >= 0.6 is 0 Å². The van der Waals surface area contributed by atoms with E-state index in [4.69, 9.17) is 9.47 Å². The minimum atomic E-state index is -0.957. The van der Waals surface area contributed by atoms with Gasteiger partial charge in [0.05, 0.1) is 13.7 Å². The normalized spacial score (nSPS) is 11.8. The predicted molar refractivity (Wildman–Crippen MR) is 141 cm³/mol. The second kappa shape index (κ2) is 13.0. The van der Waals surface area contributed by atoms with E-state index in [0.29, 0.717) is 36.4 Å². The Labute approximate surface area is 209 Å². The Morgan fingerprint density at radius 1 is 1.03 bits per heavy atom. The molecule has 0 heterocycles. The number of hydrogen-bond donors (Lipinski definition) is 2. The van der Waals surface area contributed by atoms with E-state index in [0.717, 1.165) is 25.0 Å². The second-order valence-corrected chi connectivity index (χ2v) is 9.22. The molecule has 0 spiro atoms. The van der Waals surface area contributed by atoms with Gasteiger partial charge in [0.1, 0.15) is 11.5 Å². The van der Waals surface area contributed by atoms with Crippen molar-refractivity contribution >= 4 is 23.6 Å². The van der Waals surface area contributed by atoms with Crippen LogP contribution in [0.3, 0.4) is 0 Å². The number of anilines is 1. The lowest BCUT2D eigenvalue weighted by Gasteiger charge is -2.24. The maximum atomic E-state index is 13.0. The van der Waals surface area contributed by atoms with E-state index in [2.05, 4.69) is 37.4 Å². The zero-order valence-corrected chi connectivity index (χ0v) is 21.9. The monoisotopic (exact) mass is 481 g/mol. The average Bonchev–Trinajstić information content (AvgIpc) is 2.85. The molecule has 190 valence electrons. The van der Waals surface area contributed by atoms with Gasteiger partial charge in [-0.25, -0.2) is 4.79 Å². The molecule has 2 rings (SSSR count). The minimum Gasteiger partial charge on any atom is -0.496 e. The van der Waals surface area contributed by atoms with Gasteiger partial charge in [0.25, 0.3) is 0 Å². The number of aliphatic carboxylic acids is 1. The second-order valence-electron chi connectivity index (χ2n) is 9.22. The van der Waals surface area contributed by atoms with Crippen LogP contribution in [0.15, 0.2) is 42.0 Å². The van der Waals surface area contributed by atoms with E-state index in [1.165, 1.54) is 18.2 Å². The van der Waals surface area contributed by atoms with Crippen molar-refractivity contribution in [2.45, 2.75) is 66.7 Å². The summed E-state index contributed by atoms with van der Waals surface area (Å²) in [7, 11) is 1.52. The van der Waals surface area contributed by atoms with E-state index < -0.39 is 11.4 Å². The molecule has 0 bridgehead atoms. The van der Waals surface area contributed by atoms with Gasteiger partial charge in [-0.15, -0.1) is 0 Å². The van der Waals surface area contributed by atoms with Gasteiger partial charge in [0, 0.05) is 28.3 Å². The molecule has 1 amide bonds. The first-order valence-electron chi connectivity index (χ1n) is 12.3. The van der Waals surface area contributed by atoms with Gasteiger partial charge in [-0.1, -0.05) is 46.8 Å². The summed E-state index contributed by atoms with van der Waals surface area (Å²) in [5.41, 5.74) is 3.40. The Balaban J connectivity index is 2.00. The van der Waals surface area contributed by atoms with Crippen LogP contribution in [0.5, 0.6) is 11.5 Å². The summed E-state index contributed by atoms with van der Waals surface area (Å²) >= 11 is 0. The van der Waals surface area contributed by atoms with E-state index >= 15 is 0 Å². The zero-order valence-electron chi connectivity index (χ0n) is 21.9. The number of carbonyl (C=O) groups is 2. The summed E-state index contributed by atoms with van der Waals surface area (Å²) in [5.74, 6) is 0.387. The van der Waals surface area contributed by atoms with Crippen LogP contribution < -0.4 is 14.8 Å². The van der Waals surface area contributed by atoms with Crippen LogP contribution in [0.4, 0.5) is 5.69 Å². The lowest BCUT2D eigenvalue weighted by molar-refractivity contribution is -0.132. The van der Waals surface area contributed by atoms with Gasteiger partial charge in [-0.05, 0) is 67.5 Å². The van der Waals surface area contributed by atoms with Gasteiger partial charge >= 0.3 is 5.97 Å². The van der Waals surface area contributed by atoms with E-state index in [1.54, 1.807) is 31.2 Å². The van der Waals surface area contributed by atoms with Gasteiger partial charge in [-0.3, -0.25) is 4.79 Å². The first-order chi connectivity index (χ1) is 16.6. The number of carboxylic acid groups (broad SMARTS) is 1. The van der Waals surface area contributed by atoms with Gasteiger partial charge in [-0.2, -0.15) is 0 Å². The summed E-state index contributed by atoms with van der Waals surface area (Å²) in [6, 6.07) is 11.6. The number of rotatable bonds is 13. The van der Waals surface area contributed by atoms with Crippen molar-refractivity contribution in [3.8, 4) is 11.5 Å². The molecular formula is C29H39NO5. The molecule has 2 aromatic carbocycles. The lowest BCUT2D eigenvalue weighted by Crippen LogP contribution is -2.31. The highest BCUT2D eigenvalue weighted by molar-refractivity contribution is 5.96. The quantitative estimate of drug-likeness (QED) is 0.251. The molecule has 0 atom stereocenters. The van der Waals surface area contributed by atoms with Crippen LogP contribution in [0.25, 0.3) is 6.08 Å². The van der Waals surface area contributed by atoms with E-state index in [9.17, 15) is 14.7 Å². The van der Waals surface area contributed by atoms with Gasteiger partial charge in [0.2, 0.25) is 5.91 Å². The molecule has 6 nitrogen and oxygen atoms in total. The highest BCUT2D eigenvalue weighted by Gasteiger charge is 2.27. The number of aryl methyl sites for hydroxylation is 2. The highest BCUT2D eigenvalue weighted by Crippen LogP contribution is 2.29. The predicted octanol–water partition coefficient (Wildman–Crippen LogP) is 6.52. The summed E-state index contributed by atoms with van der Waals surface area (Å²) in [6.07, 6.45) is 5.30. The third kappa shape index (κ3) is 7.88. The molecular weight excluding hydrogens is 442 g/mol. The molecule has 35 heavy (non-hydrogen) atoms. The number of ether oxygens (including phenoxy) is 2. The molecule has 0 aliphatic heterocycles. The molecule has 0 saturated carbocycles. The van der Waals surface area contributed by atoms with Crippen LogP contribution in [0.2, 0.25) is 0 Å². The number of hydrogen-bond acceptors (Lipinski definition) is 4. The van der Waals surface area contributed by atoms with Crippen molar-refractivity contribution in [3.05, 3.63) is 58.7 Å². The molecule has 2 N–H and O–H groups in total. The molecule has 0 aliphatic carbocycles. The SMILES string of the molecule is CCC(=Cc1ccc(NC(=O)C(C)(C)CCCOc2cc(CC)ccc2CC)cc1OC)C(=O)O. The first-order valence-corrected chi connectivity index (χ1v) is 12.3. The highest BCUT2D eigenvalue weighted by atomic mass is 16.5. The van der Waals surface area contributed by atoms with Crippen molar-refractivity contribution in [2.75, 3.05) is 19.0 Å². The lowest BCUT2D eigenvalue weighted by atomic mass is 9.87. The first kappa shape index (κ1) is 28.0. The minimum absolute atomic E-state index is 0.0927. The molecule has 0 aromatic heterocycles. The summed E-state index contributed by atoms with van der Waals surface area (Å²) in [5, 5.41) is 12.3. The summed E-state index contributed by atoms with van der Waals surface area (Å²) in [6.45, 7) is 10.4. The fraction of sp³-hybridized carbons (Fsp3) is 0.448. The number of methoxy groups -OCH3 is 1. The molecule has 0 radical (unpaired) electrons. The standard InChI is InChI=1S/C29H39NO5/c1-7-20-11-12-21(8-2)26(17-20)35-16-10-15-29(4,5)28(33)30-24-14-13-23(25(19-24)34-6)18-22(9-3)27(31)32/h11-14,17-19H,7-10,15-16H2,1-6H3,(H,30,33)(H,31,32). The molecule has 0 unspecified atom stereocenters. The van der Waals surface area contributed by atoms with Crippen LogP contribution in [-0.4, -0.2) is 30.7 Å². The van der Waals surface area contributed by atoms with E-state index in [1.807, 2.05) is 13.8 Å². The Kier molecular flexibility index (Phi) is 10.4. The fourth-order valence-electron chi connectivity index (χ4n) is 3.77. The third-order valence-electron chi connectivity index (χ3n) is 6.22. The van der Waals surface area contributed by atoms with Crippen molar-refractivity contribution in [3.63, 3.8) is 0 Å².